The van der Waals surface area contributed by atoms with Crippen molar-refractivity contribution in [2.45, 2.75) is 27.4 Å². The molecule has 0 fully saturated rings. The second-order valence-electron chi connectivity index (χ2n) is 3.72. The van der Waals surface area contributed by atoms with E-state index in [-0.39, 0.29) is 6.61 Å². The number of aliphatic hydroxyl groups is 1. The van der Waals surface area contributed by atoms with Crippen LogP contribution in [0.1, 0.15) is 25.1 Å². The van der Waals surface area contributed by atoms with Gasteiger partial charge in [0.25, 0.3) is 0 Å². The number of aryl methyl sites for hydroxylation is 1. The van der Waals surface area contributed by atoms with E-state index in [9.17, 15) is 0 Å². The molecule has 1 aromatic rings. The van der Waals surface area contributed by atoms with Gasteiger partial charge in [-0.2, -0.15) is 0 Å². The van der Waals surface area contributed by atoms with Gasteiger partial charge in [-0.3, -0.25) is 0 Å². The zero-order valence-corrected chi connectivity index (χ0v) is 10.8. The number of hydrogen-bond donors (Lipinski definition) is 1. The summed E-state index contributed by atoms with van der Waals surface area (Å²) in [6.07, 6.45) is 1.68. The van der Waals surface area contributed by atoms with Crippen LogP contribution in [-0.4, -0.2) is 41.4 Å². The summed E-state index contributed by atoms with van der Waals surface area (Å²) in [7, 11) is 0. The van der Waals surface area contributed by atoms with Crippen LogP contribution >= 0.6 is 0 Å². The first kappa shape index (κ1) is 13.9. The number of nitrogens with zero attached hydrogens (tertiary/aromatic N) is 3. The fraction of sp³-hybridized carbons (Fsp3) is 0.667. The van der Waals surface area contributed by atoms with Crippen LogP contribution in [0.15, 0.2) is 6.20 Å². The third-order valence-corrected chi connectivity index (χ3v) is 2.61. The topological polar surface area (TPSA) is 58.5 Å². The predicted molar refractivity (Wildman–Crippen MR) is 67.1 cm³/mol. The summed E-state index contributed by atoms with van der Waals surface area (Å²) in [6.45, 7) is 8.92. The van der Waals surface area contributed by atoms with E-state index in [4.69, 9.17) is 9.84 Å². The quantitative estimate of drug-likeness (QED) is 0.723. The molecule has 0 atom stereocenters. The molecule has 17 heavy (non-hydrogen) atoms. The predicted octanol–water partition coefficient (Wildman–Crippen LogP) is 1.14. The SMILES string of the molecule is CCOCCN(CC)c1ncc(CO)c(C)n1. The van der Waals surface area contributed by atoms with Crippen LogP contribution in [0, 0.1) is 6.92 Å². The van der Waals surface area contributed by atoms with Crippen molar-refractivity contribution in [1.29, 1.82) is 0 Å². The molecule has 0 saturated heterocycles. The first-order valence-corrected chi connectivity index (χ1v) is 5.99. The highest BCUT2D eigenvalue weighted by Crippen LogP contribution is 2.10. The van der Waals surface area contributed by atoms with E-state index < -0.39 is 0 Å². The van der Waals surface area contributed by atoms with Crippen molar-refractivity contribution >= 4 is 5.95 Å². The molecule has 5 nitrogen and oxygen atoms in total. The minimum atomic E-state index is -0.0167. The Morgan fingerprint density at radius 2 is 2.18 bits per heavy atom. The lowest BCUT2D eigenvalue weighted by Gasteiger charge is -2.21. The summed E-state index contributed by atoms with van der Waals surface area (Å²) in [6, 6.07) is 0. The van der Waals surface area contributed by atoms with Crippen LogP contribution < -0.4 is 4.90 Å². The monoisotopic (exact) mass is 239 g/mol. The second kappa shape index (κ2) is 7.19. The van der Waals surface area contributed by atoms with Crippen LogP contribution in [0.25, 0.3) is 0 Å². The fourth-order valence-electron chi connectivity index (χ4n) is 1.51. The summed E-state index contributed by atoms with van der Waals surface area (Å²) >= 11 is 0. The normalized spacial score (nSPS) is 10.6. The van der Waals surface area contributed by atoms with Gasteiger partial charge in [0.1, 0.15) is 0 Å². The maximum Gasteiger partial charge on any atom is 0.225 e. The Hall–Kier alpha value is -1.20. The standard InChI is InChI=1S/C12H21N3O2/c1-4-15(6-7-17-5-2)12-13-8-11(9-16)10(3)14-12/h8,16H,4-7,9H2,1-3H3. The van der Waals surface area contributed by atoms with Crippen molar-refractivity contribution in [3.05, 3.63) is 17.5 Å². The number of likely N-dealkylation sites (N-methyl/N-ethyl adjacent to an activating group) is 1. The molecular formula is C12H21N3O2. The molecule has 1 N–H and O–H groups in total. The van der Waals surface area contributed by atoms with Crippen molar-refractivity contribution in [2.75, 3.05) is 31.2 Å². The number of hydrogen-bond acceptors (Lipinski definition) is 5. The third kappa shape index (κ3) is 3.94. The van der Waals surface area contributed by atoms with Crippen LogP contribution in [0.2, 0.25) is 0 Å². The van der Waals surface area contributed by atoms with E-state index in [1.807, 2.05) is 13.8 Å². The Morgan fingerprint density at radius 3 is 2.71 bits per heavy atom. The van der Waals surface area contributed by atoms with Crippen LogP contribution in [-0.2, 0) is 11.3 Å². The molecule has 0 aliphatic carbocycles. The minimum Gasteiger partial charge on any atom is -0.392 e. The number of aliphatic hydroxyl groups excluding tert-OH is 1. The van der Waals surface area contributed by atoms with E-state index in [0.717, 1.165) is 31.0 Å². The smallest absolute Gasteiger partial charge is 0.225 e. The van der Waals surface area contributed by atoms with Crippen LogP contribution in [0.5, 0.6) is 0 Å². The fourth-order valence-corrected chi connectivity index (χ4v) is 1.51. The average Bonchev–Trinajstić information content (AvgIpc) is 2.35. The zero-order chi connectivity index (χ0) is 12.7. The highest BCUT2D eigenvalue weighted by Gasteiger charge is 2.09. The minimum absolute atomic E-state index is 0.0167. The van der Waals surface area contributed by atoms with Crippen molar-refractivity contribution in [3.8, 4) is 0 Å². The first-order valence-electron chi connectivity index (χ1n) is 5.99. The van der Waals surface area contributed by atoms with Gasteiger partial charge < -0.3 is 14.7 Å². The van der Waals surface area contributed by atoms with Crippen LogP contribution in [0.4, 0.5) is 5.95 Å². The van der Waals surface area contributed by atoms with Gasteiger partial charge in [0.2, 0.25) is 5.95 Å². The van der Waals surface area contributed by atoms with Gasteiger partial charge in [0.05, 0.1) is 13.2 Å². The number of ether oxygens (including phenoxy) is 1. The number of rotatable bonds is 7. The summed E-state index contributed by atoms with van der Waals surface area (Å²) < 4.78 is 5.33. The van der Waals surface area contributed by atoms with E-state index in [0.29, 0.717) is 12.6 Å². The van der Waals surface area contributed by atoms with Gasteiger partial charge in [0, 0.05) is 37.2 Å². The van der Waals surface area contributed by atoms with Crippen LogP contribution in [0.3, 0.4) is 0 Å². The molecule has 1 aromatic heterocycles. The summed E-state index contributed by atoms with van der Waals surface area (Å²) in [5.41, 5.74) is 1.60. The molecule has 1 heterocycles. The van der Waals surface area contributed by atoms with E-state index in [2.05, 4.69) is 21.8 Å². The average molecular weight is 239 g/mol. The molecule has 1 rings (SSSR count). The van der Waals surface area contributed by atoms with Gasteiger partial charge in [-0.25, -0.2) is 9.97 Å². The van der Waals surface area contributed by atoms with Crippen molar-refractivity contribution in [2.24, 2.45) is 0 Å². The second-order valence-corrected chi connectivity index (χ2v) is 3.72. The number of anilines is 1. The molecule has 0 aliphatic heterocycles. The Balaban J connectivity index is 2.71. The third-order valence-electron chi connectivity index (χ3n) is 2.61. The maximum absolute atomic E-state index is 9.06. The molecule has 0 radical (unpaired) electrons. The van der Waals surface area contributed by atoms with Gasteiger partial charge in [-0.1, -0.05) is 0 Å². The first-order chi connectivity index (χ1) is 8.22. The Morgan fingerprint density at radius 1 is 1.41 bits per heavy atom. The largest absolute Gasteiger partial charge is 0.392 e. The maximum atomic E-state index is 9.06. The van der Waals surface area contributed by atoms with E-state index >= 15 is 0 Å². The molecule has 0 aromatic carbocycles. The van der Waals surface area contributed by atoms with Crippen molar-refractivity contribution in [1.82, 2.24) is 9.97 Å². The highest BCUT2D eigenvalue weighted by molar-refractivity contribution is 5.32. The van der Waals surface area contributed by atoms with Gasteiger partial charge in [-0.15, -0.1) is 0 Å². The summed E-state index contributed by atoms with van der Waals surface area (Å²) in [4.78, 5) is 10.7. The Labute approximate surface area is 102 Å². The van der Waals surface area contributed by atoms with Crippen molar-refractivity contribution in [3.63, 3.8) is 0 Å². The Bertz CT molecular complexity index is 345. The lowest BCUT2D eigenvalue weighted by Crippen LogP contribution is -2.29. The van der Waals surface area contributed by atoms with Gasteiger partial charge in [0.15, 0.2) is 0 Å². The molecule has 0 bridgehead atoms. The number of aromatic nitrogens is 2. The lowest BCUT2D eigenvalue weighted by molar-refractivity contribution is 0.153. The molecule has 0 unspecified atom stereocenters. The van der Waals surface area contributed by atoms with Gasteiger partial charge in [-0.05, 0) is 20.8 Å². The van der Waals surface area contributed by atoms with Gasteiger partial charge >= 0.3 is 0 Å². The molecule has 96 valence electrons. The summed E-state index contributed by atoms with van der Waals surface area (Å²) in [5.74, 6) is 0.696. The molecule has 0 spiro atoms. The van der Waals surface area contributed by atoms with Crippen molar-refractivity contribution < 1.29 is 9.84 Å². The highest BCUT2D eigenvalue weighted by atomic mass is 16.5. The summed E-state index contributed by atoms with van der Waals surface area (Å²) in [5, 5.41) is 9.06. The molecular weight excluding hydrogens is 218 g/mol. The van der Waals surface area contributed by atoms with E-state index in [1.54, 1.807) is 6.20 Å². The Kier molecular flexibility index (Phi) is 5.86. The molecule has 0 saturated carbocycles. The zero-order valence-electron chi connectivity index (χ0n) is 10.8. The lowest BCUT2D eigenvalue weighted by atomic mass is 10.2. The van der Waals surface area contributed by atoms with E-state index in [1.165, 1.54) is 0 Å². The molecule has 0 amide bonds. The molecule has 5 heteroatoms. The molecule has 0 aliphatic rings.